The van der Waals surface area contributed by atoms with Crippen LogP contribution in [0.5, 0.6) is 11.5 Å². The summed E-state index contributed by atoms with van der Waals surface area (Å²) >= 11 is 0. The normalized spacial score (nSPS) is 11.1. The number of ether oxygens (including phenoxy) is 2. The molecule has 6 aromatic carbocycles. The summed E-state index contributed by atoms with van der Waals surface area (Å²) in [5, 5.41) is 15.4. The molecule has 4 heterocycles. The van der Waals surface area contributed by atoms with Crippen molar-refractivity contribution in [1.82, 2.24) is 19.9 Å². The first-order chi connectivity index (χ1) is 28.3. The maximum atomic E-state index is 11.1. The minimum atomic E-state index is -0.387. The van der Waals surface area contributed by atoms with Crippen molar-refractivity contribution in [2.45, 2.75) is 0 Å². The summed E-state index contributed by atoms with van der Waals surface area (Å²) in [7, 11) is 3.33. The standard InChI is InChI=1S/C24H17N3O3.C24H19N3O/c1-30-20-8-5-15(6-9-20)17-7-10-23-21(12-17)22-13-18(14-25-24(22)26-23)16-3-2-4-19(11-16)27(28)29;1-28-20-8-5-15(6-9-20)17-7-10-23-21(12-17)22-13-18(14-26-24(22)27-23)16-3-2-4-19(25)11-16/h2-14H,1H3,(H,25,26);2-14H,25H2,1H3,(H,26,27). The van der Waals surface area contributed by atoms with Gasteiger partial charge >= 0.3 is 0 Å². The van der Waals surface area contributed by atoms with Crippen molar-refractivity contribution in [3.63, 3.8) is 0 Å². The van der Waals surface area contributed by atoms with Crippen LogP contribution in [0.2, 0.25) is 0 Å². The van der Waals surface area contributed by atoms with Gasteiger partial charge in [0, 0.05) is 73.9 Å². The molecule has 58 heavy (non-hydrogen) atoms. The molecule has 0 aliphatic rings. The van der Waals surface area contributed by atoms with Crippen LogP contribution in [-0.4, -0.2) is 39.1 Å². The molecule has 0 aliphatic heterocycles. The van der Waals surface area contributed by atoms with Gasteiger partial charge in [-0.15, -0.1) is 0 Å². The van der Waals surface area contributed by atoms with Gasteiger partial charge in [0.1, 0.15) is 22.8 Å². The van der Waals surface area contributed by atoms with Gasteiger partial charge in [-0.25, -0.2) is 9.97 Å². The van der Waals surface area contributed by atoms with Gasteiger partial charge in [-0.2, -0.15) is 0 Å². The van der Waals surface area contributed by atoms with E-state index in [2.05, 4.69) is 74.5 Å². The van der Waals surface area contributed by atoms with E-state index in [-0.39, 0.29) is 10.6 Å². The molecule has 0 atom stereocenters. The number of nitro groups is 1. The largest absolute Gasteiger partial charge is 0.497 e. The lowest BCUT2D eigenvalue weighted by atomic mass is 10.0. The SMILES string of the molecule is COc1ccc(-c2ccc3[nH]c4ncc(-c5cccc(N)c5)cc4c3c2)cc1.COc1ccc(-c2ccc3[nH]c4ncc(-c5cccc([N+](=O)[O-])c5)cc4c3c2)cc1. The first-order valence-corrected chi connectivity index (χ1v) is 18.6. The van der Waals surface area contributed by atoms with Crippen molar-refractivity contribution >= 4 is 55.2 Å². The second-order valence-electron chi connectivity index (χ2n) is 13.9. The molecular weight excluding hydrogens is 725 g/mol. The molecule has 0 fully saturated rings. The van der Waals surface area contributed by atoms with E-state index in [1.165, 1.54) is 6.07 Å². The molecule has 0 bridgehead atoms. The van der Waals surface area contributed by atoms with Crippen molar-refractivity contribution in [1.29, 1.82) is 0 Å². The van der Waals surface area contributed by atoms with Crippen LogP contribution < -0.4 is 15.2 Å². The maximum absolute atomic E-state index is 11.1. The number of aromatic nitrogens is 4. The number of rotatable bonds is 7. The average Bonchev–Trinajstić information content (AvgIpc) is 3.83. The Bertz CT molecular complexity index is 3130. The quantitative estimate of drug-likeness (QED) is 0.0833. The molecule has 0 aliphatic carbocycles. The summed E-state index contributed by atoms with van der Waals surface area (Å²) in [6, 6.07) is 47.4. The Morgan fingerprint density at radius 1 is 0.500 bits per heavy atom. The number of nitrogens with two attached hydrogens (primary N) is 1. The summed E-state index contributed by atoms with van der Waals surface area (Å²) in [5.41, 5.74) is 18.7. The van der Waals surface area contributed by atoms with Crippen LogP contribution in [0, 0.1) is 10.1 Å². The zero-order valence-electron chi connectivity index (χ0n) is 31.6. The van der Waals surface area contributed by atoms with Gasteiger partial charge < -0.3 is 25.2 Å². The molecule has 10 rings (SSSR count). The van der Waals surface area contributed by atoms with Crippen LogP contribution in [-0.2, 0) is 0 Å². The van der Waals surface area contributed by atoms with E-state index in [4.69, 9.17) is 15.2 Å². The fraction of sp³-hybridized carbons (Fsp3) is 0.0417. The number of H-pyrrole nitrogens is 2. The molecular formula is C48H36N6O4. The average molecular weight is 761 g/mol. The van der Waals surface area contributed by atoms with E-state index in [1.54, 1.807) is 32.5 Å². The van der Waals surface area contributed by atoms with Crippen LogP contribution in [0.1, 0.15) is 0 Å². The number of nitro benzene ring substituents is 1. The Kier molecular flexibility index (Phi) is 9.19. The van der Waals surface area contributed by atoms with Crippen molar-refractivity contribution < 1.29 is 14.4 Å². The van der Waals surface area contributed by atoms with Gasteiger partial charge in [-0.05, 0) is 106 Å². The Morgan fingerprint density at radius 3 is 1.40 bits per heavy atom. The van der Waals surface area contributed by atoms with Gasteiger partial charge in [-0.1, -0.05) is 60.7 Å². The minimum Gasteiger partial charge on any atom is -0.497 e. The number of hydrogen-bond acceptors (Lipinski definition) is 7. The number of fused-ring (bicyclic) bond motifs is 6. The Labute approximate surface area is 332 Å². The molecule has 4 N–H and O–H groups in total. The molecule has 0 unspecified atom stereocenters. The third-order valence-corrected chi connectivity index (χ3v) is 10.4. The minimum absolute atomic E-state index is 0.0633. The fourth-order valence-corrected chi connectivity index (χ4v) is 7.31. The van der Waals surface area contributed by atoms with E-state index < -0.39 is 0 Å². The number of hydrogen-bond donors (Lipinski definition) is 3. The van der Waals surface area contributed by atoms with E-state index in [0.29, 0.717) is 0 Å². The molecule has 10 nitrogen and oxygen atoms in total. The van der Waals surface area contributed by atoms with Crippen LogP contribution in [0.15, 0.2) is 158 Å². The van der Waals surface area contributed by atoms with E-state index in [1.807, 2.05) is 79.0 Å². The van der Waals surface area contributed by atoms with Gasteiger partial charge in [0.2, 0.25) is 0 Å². The van der Waals surface area contributed by atoms with E-state index in [9.17, 15) is 10.1 Å². The number of non-ortho nitro benzene ring substituents is 1. The Hall–Kier alpha value is -7.98. The molecule has 4 aromatic heterocycles. The lowest BCUT2D eigenvalue weighted by Gasteiger charge is -2.05. The molecule has 0 amide bonds. The lowest BCUT2D eigenvalue weighted by Crippen LogP contribution is -1.88. The maximum Gasteiger partial charge on any atom is 0.270 e. The summed E-state index contributed by atoms with van der Waals surface area (Å²) in [6.07, 6.45) is 3.62. The number of benzene rings is 6. The highest BCUT2D eigenvalue weighted by atomic mass is 16.6. The zero-order valence-corrected chi connectivity index (χ0v) is 31.6. The van der Waals surface area contributed by atoms with Gasteiger partial charge in [0.25, 0.3) is 5.69 Å². The number of aromatic amines is 2. The highest BCUT2D eigenvalue weighted by Crippen LogP contribution is 2.35. The summed E-state index contributed by atoms with van der Waals surface area (Å²) in [4.78, 5) is 26.7. The summed E-state index contributed by atoms with van der Waals surface area (Å²) in [6.45, 7) is 0. The molecule has 0 saturated heterocycles. The van der Waals surface area contributed by atoms with Crippen molar-refractivity contribution in [2.75, 3.05) is 20.0 Å². The number of methoxy groups -OCH3 is 2. The summed E-state index contributed by atoms with van der Waals surface area (Å²) < 4.78 is 10.5. The monoisotopic (exact) mass is 760 g/mol. The smallest absolute Gasteiger partial charge is 0.270 e. The van der Waals surface area contributed by atoms with Gasteiger partial charge in [0.05, 0.1) is 19.1 Å². The van der Waals surface area contributed by atoms with Crippen LogP contribution in [0.3, 0.4) is 0 Å². The van der Waals surface area contributed by atoms with E-state index >= 15 is 0 Å². The van der Waals surface area contributed by atoms with Crippen molar-refractivity contribution in [2.24, 2.45) is 0 Å². The lowest BCUT2D eigenvalue weighted by molar-refractivity contribution is -0.384. The number of nitrogens with zero attached hydrogens (tertiary/aromatic N) is 3. The molecule has 282 valence electrons. The number of nitrogen functional groups attached to an aromatic ring is 1. The molecule has 0 saturated carbocycles. The van der Waals surface area contributed by atoms with Crippen LogP contribution in [0.25, 0.3) is 88.4 Å². The highest BCUT2D eigenvalue weighted by Gasteiger charge is 2.13. The number of nitrogens with one attached hydrogen (secondary N) is 2. The topological polar surface area (TPSA) is 145 Å². The Balaban J connectivity index is 0.000000151. The third kappa shape index (κ3) is 6.90. The first-order valence-electron chi connectivity index (χ1n) is 18.6. The van der Waals surface area contributed by atoms with Crippen LogP contribution >= 0.6 is 0 Å². The number of anilines is 1. The molecule has 10 aromatic rings. The predicted octanol–water partition coefficient (Wildman–Crippen LogP) is 11.6. The van der Waals surface area contributed by atoms with Crippen molar-refractivity contribution in [3.05, 3.63) is 168 Å². The highest BCUT2D eigenvalue weighted by molar-refractivity contribution is 6.09. The second kappa shape index (κ2) is 14.9. The third-order valence-electron chi connectivity index (χ3n) is 10.4. The molecule has 0 spiro atoms. The van der Waals surface area contributed by atoms with Crippen LogP contribution in [0.4, 0.5) is 11.4 Å². The van der Waals surface area contributed by atoms with E-state index in [0.717, 1.165) is 106 Å². The molecule has 10 heteroatoms. The summed E-state index contributed by atoms with van der Waals surface area (Å²) in [5.74, 6) is 1.67. The van der Waals surface area contributed by atoms with Gasteiger partial charge in [0.15, 0.2) is 0 Å². The first kappa shape index (κ1) is 35.7. The predicted molar refractivity (Wildman–Crippen MR) is 233 cm³/mol. The fourth-order valence-electron chi connectivity index (χ4n) is 7.31. The Morgan fingerprint density at radius 2 is 0.931 bits per heavy atom. The molecule has 0 radical (unpaired) electrons. The van der Waals surface area contributed by atoms with Crippen molar-refractivity contribution in [3.8, 4) is 56.0 Å². The van der Waals surface area contributed by atoms with Gasteiger partial charge in [-0.3, -0.25) is 10.1 Å². The number of pyridine rings is 2. The second-order valence-corrected chi connectivity index (χ2v) is 13.9. The zero-order chi connectivity index (χ0) is 39.8.